The molecule has 0 spiro atoms. The van der Waals surface area contributed by atoms with Crippen LogP contribution in [0.2, 0.25) is 0 Å². The minimum atomic E-state index is -0.138. The molecule has 1 aliphatic carbocycles. The molecule has 6 nitrogen and oxygen atoms in total. The summed E-state index contributed by atoms with van der Waals surface area (Å²) < 4.78 is 2.42. The second kappa shape index (κ2) is 14.9. The number of aromatic nitrogens is 6. The molecule has 0 unspecified atom stereocenters. The van der Waals surface area contributed by atoms with Crippen molar-refractivity contribution in [2.45, 2.75) is 19.3 Å². The van der Waals surface area contributed by atoms with Crippen LogP contribution in [0.4, 0.5) is 0 Å². The quantitative estimate of drug-likeness (QED) is 0.160. The first-order valence-corrected chi connectivity index (χ1v) is 21.7. The number of hydrogen-bond donors (Lipinski definition) is 0. The van der Waals surface area contributed by atoms with Crippen molar-refractivity contribution in [2.24, 2.45) is 0 Å². The van der Waals surface area contributed by atoms with E-state index in [1.54, 1.807) is 0 Å². The van der Waals surface area contributed by atoms with Crippen LogP contribution in [-0.4, -0.2) is 29.5 Å². The first-order chi connectivity index (χ1) is 31.5. The third kappa shape index (κ3) is 6.22. The molecule has 6 heteroatoms. The SMILES string of the molecule is CC1(C)c2ccccc2-c2cc3c(cc21)c1ccccc1n3-c1ccc(-c2nc(-c3ccccc3)nc(-c3ccccc3)n2)cc1-c1cc(-c2ccccc2)nc(-c2ccccc2)n1. The Hall–Kier alpha value is -8.35. The van der Waals surface area contributed by atoms with Crippen molar-refractivity contribution in [3.63, 3.8) is 0 Å². The monoisotopic (exact) mass is 820 g/mol. The fourth-order valence-electron chi connectivity index (χ4n) is 9.49. The van der Waals surface area contributed by atoms with Crippen molar-refractivity contribution in [3.8, 4) is 84.9 Å². The number of nitrogens with zero attached hydrogens (tertiary/aromatic N) is 6. The van der Waals surface area contributed by atoms with Crippen molar-refractivity contribution in [3.05, 3.63) is 217 Å². The summed E-state index contributed by atoms with van der Waals surface area (Å²) in [5, 5.41) is 2.40. The lowest BCUT2D eigenvalue weighted by atomic mass is 9.82. The van der Waals surface area contributed by atoms with Gasteiger partial charge >= 0.3 is 0 Å². The van der Waals surface area contributed by atoms with Crippen LogP contribution in [0.15, 0.2) is 206 Å². The zero-order valence-corrected chi connectivity index (χ0v) is 35.3. The fraction of sp³-hybridized carbons (Fsp3) is 0.0517. The zero-order valence-electron chi connectivity index (χ0n) is 35.3. The van der Waals surface area contributed by atoms with Crippen LogP contribution in [0.1, 0.15) is 25.0 Å². The maximum Gasteiger partial charge on any atom is 0.164 e. The van der Waals surface area contributed by atoms with Gasteiger partial charge in [0.05, 0.1) is 28.1 Å². The third-order valence-corrected chi connectivity index (χ3v) is 12.7. The second-order valence-corrected chi connectivity index (χ2v) is 16.9. The highest BCUT2D eigenvalue weighted by atomic mass is 15.0. The van der Waals surface area contributed by atoms with Gasteiger partial charge in [-0.15, -0.1) is 0 Å². The summed E-state index contributed by atoms with van der Waals surface area (Å²) in [6.45, 7) is 4.69. The Morgan fingerprint density at radius 3 is 1.48 bits per heavy atom. The van der Waals surface area contributed by atoms with E-state index in [9.17, 15) is 0 Å². The van der Waals surface area contributed by atoms with E-state index >= 15 is 0 Å². The number of rotatable bonds is 7. The summed E-state index contributed by atoms with van der Waals surface area (Å²) in [6, 6.07) is 71.9. The summed E-state index contributed by atoms with van der Waals surface area (Å²) in [5.41, 5.74) is 15.5. The first-order valence-electron chi connectivity index (χ1n) is 21.7. The molecule has 8 aromatic carbocycles. The normalized spacial score (nSPS) is 12.7. The van der Waals surface area contributed by atoms with Gasteiger partial charge in [0.15, 0.2) is 23.3 Å². The van der Waals surface area contributed by atoms with E-state index in [1.165, 1.54) is 33.0 Å². The highest BCUT2D eigenvalue weighted by Gasteiger charge is 2.36. The van der Waals surface area contributed by atoms with E-state index in [0.717, 1.165) is 61.5 Å². The number of benzene rings is 8. The summed E-state index contributed by atoms with van der Waals surface area (Å²) >= 11 is 0. The van der Waals surface area contributed by atoms with Gasteiger partial charge in [-0.3, -0.25) is 0 Å². The van der Waals surface area contributed by atoms with E-state index in [2.05, 4.69) is 140 Å². The average Bonchev–Trinajstić information content (AvgIpc) is 3.81. The molecule has 302 valence electrons. The topological polar surface area (TPSA) is 69.4 Å². The maximum absolute atomic E-state index is 5.42. The van der Waals surface area contributed by atoms with E-state index in [0.29, 0.717) is 23.3 Å². The molecule has 3 aromatic heterocycles. The van der Waals surface area contributed by atoms with Gasteiger partial charge in [-0.1, -0.05) is 178 Å². The van der Waals surface area contributed by atoms with Gasteiger partial charge in [0.1, 0.15) is 0 Å². The van der Waals surface area contributed by atoms with E-state index in [1.807, 2.05) is 84.9 Å². The molecule has 0 fully saturated rings. The lowest BCUT2D eigenvalue weighted by Gasteiger charge is -2.21. The number of hydrogen-bond acceptors (Lipinski definition) is 5. The molecule has 3 heterocycles. The average molecular weight is 821 g/mol. The molecule has 0 saturated heterocycles. The Bertz CT molecular complexity index is 3450. The van der Waals surface area contributed by atoms with E-state index in [-0.39, 0.29) is 5.41 Å². The van der Waals surface area contributed by atoms with Crippen LogP contribution in [0.3, 0.4) is 0 Å². The molecule has 12 rings (SSSR count). The van der Waals surface area contributed by atoms with Crippen LogP contribution in [-0.2, 0) is 5.41 Å². The molecule has 0 radical (unpaired) electrons. The highest BCUT2D eigenvalue weighted by molar-refractivity contribution is 6.12. The van der Waals surface area contributed by atoms with Crippen LogP contribution in [0.5, 0.6) is 0 Å². The van der Waals surface area contributed by atoms with Gasteiger partial charge in [-0.2, -0.15) is 0 Å². The third-order valence-electron chi connectivity index (χ3n) is 12.7. The van der Waals surface area contributed by atoms with Crippen molar-refractivity contribution in [1.82, 2.24) is 29.5 Å². The van der Waals surface area contributed by atoms with Crippen molar-refractivity contribution < 1.29 is 0 Å². The predicted octanol–water partition coefficient (Wildman–Crippen LogP) is 14.1. The minimum absolute atomic E-state index is 0.138. The highest BCUT2D eigenvalue weighted by Crippen LogP contribution is 2.51. The molecule has 0 saturated carbocycles. The van der Waals surface area contributed by atoms with E-state index < -0.39 is 0 Å². The van der Waals surface area contributed by atoms with E-state index in [4.69, 9.17) is 24.9 Å². The van der Waals surface area contributed by atoms with Crippen molar-refractivity contribution in [2.75, 3.05) is 0 Å². The Balaban J connectivity index is 1.16. The smallest absolute Gasteiger partial charge is 0.164 e. The first kappa shape index (κ1) is 37.4. The maximum atomic E-state index is 5.42. The van der Waals surface area contributed by atoms with Gasteiger partial charge < -0.3 is 4.57 Å². The predicted molar refractivity (Wildman–Crippen MR) is 260 cm³/mol. The van der Waals surface area contributed by atoms with Crippen LogP contribution in [0, 0.1) is 0 Å². The largest absolute Gasteiger partial charge is 0.309 e. The molecular weight excluding hydrogens is 781 g/mol. The lowest BCUT2D eigenvalue weighted by Crippen LogP contribution is -2.14. The molecule has 0 bridgehead atoms. The molecular formula is C58H40N6. The summed E-state index contributed by atoms with van der Waals surface area (Å²) in [7, 11) is 0. The minimum Gasteiger partial charge on any atom is -0.309 e. The Morgan fingerprint density at radius 2 is 0.844 bits per heavy atom. The number of fused-ring (bicyclic) bond motifs is 6. The van der Waals surface area contributed by atoms with Crippen molar-refractivity contribution in [1.29, 1.82) is 0 Å². The van der Waals surface area contributed by atoms with Gasteiger partial charge in [-0.25, -0.2) is 24.9 Å². The van der Waals surface area contributed by atoms with Gasteiger partial charge in [0, 0.05) is 49.6 Å². The molecule has 0 amide bonds. The summed E-state index contributed by atoms with van der Waals surface area (Å²) in [5.74, 6) is 2.42. The molecule has 0 N–H and O–H groups in total. The Morgan fingerprint density at radius 1 is 0.328 bits per heavy atom. The lowest BCUT2D eigenvalue weighted by molar-refractivity contribution is 0.661. The number of para-hydroxylation sites is 1. The van der Waals surface area contributed by atoms with Gasteiger partial charge in [0.25, 0.3) is 0 Å². The summed E-state index contributed by atoms with van der Waals surface area (Å²) in [4.78, 5) is 26.0. The van der Waals surface area contributed by atoms with Crippen LogP contribution in [0.25, 0.3) is 107 Å². The van der Waals surface area contributed by atoms with Crippen LogP contribution >= 0.6 is 0 Å². The second-order valence-electron chi connectivity index (χ2n) is 16.9. The van der Waals surface area contributed by atoms with Crippen LogP contribution < -0.4 is 0 Å². The molecule has 64 heavy (non-hydrogen) atoms. The molecule has 0 aliphatic heterocycles. The standard InChI is InChI=1S/C58H40N6/c1-58(2)47-29-17-15-27-42(47)44-35-53-45(34-48(44)58)43-28-16-18-30-51(43)64(53)52-32-31-41(57-62-55(39-23-11-5-12-24-39)61-56(63-57)40-25-13-6-14-26-40)33-46(52)50-36-49(37-19-7-3-8-20-37)59-54(60-50)38-21-9-4-10-22-38/h3-36H,1-2H3. The zero-order chi connectivity index (χ0) is 42.8. The Labute approximate surface area is 371 Å². The molecule has 1 aliphatic rings. The molecule has 11 aromatic rings. The fourth-order valence-corrected chi connectivity index (χ4v) is 9.49. The molecule has 0 atom stereocenters. The van der Waals surface area contributed by atoms with Gasteiger partial charge in [0.2, 0.25) is 0 Å². The van der Waals surface area contributed by atoms with Gasteiger partial charge in [-0.05, 0) is 64.7 Å². The summed E-state index contributed by atoms with van der Waals surface area (Å²) in [6.07, 6.45) is 0. The Kier molecular flexibility index (Phi) is 8.73. The van der Waals surface area contributed by atoms with Crippen molar-refractivity contribution >= 4 is 21.8 Å².